The molecule has 0 saturated carbocycles. The van der Waals surface area contributed by atoms with Crippen LogP contribution in [-0.2, 0) is 9.53 Å². The Labute approximate surface area is 83.7 Å². The third kappa shape index (κ3) is 2.27. The zero-order valence-electron chi connectivity index (χ0n) is 8.59. The standard InChI is InChI=1S/C10H16O2S/c1-5-6(2)12-10-7(3)9(11)8(4)13-10/h6,8H,5H2,1-4H3. The van der Waals surface area contributed by atoms with Gasteiger partial charge in [-0.15, -0.1) is 0 Å². The van der Waals surface area contributed by atoms with Gasteiger partial charge in [0.05, 0.1) is 11.4 Å². The van der Waals surface area contributed by atoms with E-state index in [1.807, 2.05) is 20.8 Å². The lowest BCUT2D eigenvalue weighted by Gasteiger charge is -2.13. The Morgan fingerprint density at radius 2 is 2.23 bits per heavy atom. The van der Waals surface area contributed by atoms with Crippen LogP contribution in [-0.4, -0.2) is 17.1 Å². The lowest BCUT2D eigenvalue weighted by molar-refractivity contribution is -0.114. The van der Waals surface area contributed by atoms with E-state index < -0.39 is 0 Å². The highest BCUT2D eigenvalue weighted by Crippen LogP contribution is 2.36. The second-order valence-electron chi connectivity index (χ2n) is 3.37. The third-order valence-corrected chi connectivity index (χ3v) is 3.40. The molecule has 0 aliphatic carbocycles. The van der Waals surface area contributed by atoms with Gasteiger partial charge in [0.25, 0.3) is 0 Å². The summed E-state index contributed by atoms with van der Waals surface area (Å²) in [7, 11) is 0. The number of ketones is 1. The Hall–Kier alpha value is -0.440. The summed E-state index contributed by atoms with van der Waals surface area (Å²) >= 11 is 1.53. The normalized spacial score (nSPS) is 25.2. The van der Waals surface area contributed by atoms with E-state index in [2.05, 4.69) is 6.92 Å². The smallest absolute Gasteiger partial charge is 0.175 e. The van der Waals surface area contributed by atoms with Gasteiger partial charge < -0.3 is 4.74 Å². The number of hydrogen-bond acceptors (Lipinski definition) is 3. The highest BCUT2D eigenvalue weighted by Gasteiger charge is 2.29. The summed E-state index contributed by atoms with van der Waals surface area (Å²) < 4.78 is 5.64. The number of allylic oxidation sites excluding steroid dienone is 1. The maximum absolute atomic E-state index is 11.4. The molecule has 13 heavy (non-hydrogen) atoms. The summed E-state index contributed by atoms with van der Waals surface area (Å²) in [6.45, 7) is 7.86. The number of carbonyl (C=O) groups excluding carboxylic acids is 1. The van der Waals surface area contributed by atoms with E-state index in [4.69, 9.17) is 4.74 Å². The van der Waals surface area contributed by atoms with Crippen molar-refractivity contribution in [2.45, 2.75) is 45.5 Å². The van der Waals surface area contributed by atoms with Gasteiger partial charge in [-0.2, -0.15) is 0 Å². The first-order valence-electron chi connectivity index (χ1n) is 4.64. The molecule has 1 aliphatic rings. The van der Waals surface area contributed by atoms with E-state index in [1.165, 1.54) is 11.8 Å². The second-order valence-corrected chi connectivity index (χ2v) is 4.69. The lowest BCUT2D eigenvalue weighted by Crippen LogP contribution is -2.07. The molecule has 0 N–H and O–H groups in total. The van der Waals surface area contributed by atoms with Gasteiger partial charge in [-0.05, 0) is 27.2 Å². The SMILES string of the molecule is CCC(C)OC1=C(C)C(=O)C(C)S1. The maximum Gasteiger partial charge on any atom is 0.175 e. The maximum atomic E-state index is 11.4. The van der Waals surface area contributed by atoms with Gasteiger partial charge in [-0.25, -0.2) is 0 Å². The molecule has 2 nitrogen and oxygen atoms in total. The molecule has 0 aromatic carbocycles. The van der Waals surface area contributed by atoms with Crippen molar-refractivity contribution in [2.75, 3.05) is 0 Å². The van der Waals surface area contributed by atoms with Gasteiger partial charge >= 0.3 is 0 Å². The lowest BCUT2D eigenvalue weighted by atomic mass is 10.2. The third-order valence-electron chi connectivity index (χ3n) is 2.21. The van der Waals surface area contributed by atoms with E-state index >= 15 is 0 Å². The molecule has 1 rings (SSSR count). The molecule has 1 aliphatic heterocycles. The highest BCUT2D eigenvalue weighted by molar-refractivity contribution is 8.04. The Kier molecular flexibility index (Phi) is 3.42. The second kappa shape index (κ2) is 4.18. The monoisotopic (exact) mass is 200 g/mol. The minimum absolute atomic E-state index is 0.0408. The molecule has 2 unspecified atom stereocenters. The molecule has 1 heterocycles. The summed E-state index contributed by atoms with van der Waals surface area (Å²) in [6, 6.07) is 0. The molecule has 0 fully saturated rings. The summed E-state index contributed by atoms with van der Waals surface area (Å²) in [5, 5.41) is 0.867. The number of rotatable bonds is 3. The first-order chi connectivity index (χ1) is 6.06. The average molecular weight is 200 g/mol. The van der Waals surface area contributed by atoms with Crippen molar-refractivity contribution < 1.29 is 9.53 Å². The van der Waals surface area contributed by atoms with Crippen LogP contribution in [0.5, 0.6) is 0 Å². The molecular weight excluding hydrogens is 184 g/mol. The molecule has 0 aromatic heterocycles. The van der Waals surface area contributed by atoms with Crippen molar-refractivity contribution in [3.63, 3.8) is 0 Å². The Balaban J connectivity index is 2.65. The van der Waals surface area contributed by atoms with Crippen molar-refractivity contribution in [1.29, 1.82) is 0 Å². The molecule has 0 bridgehead atoms. The molecule has 0 amide bonds. The number of thioether (sulfide) groups is 1. The van der Waals surface area contributed by atoms with E-state index in [-0.39, 0.29) is 17.1 Å². The van der Waals surface area contributed by atoms with Gasteiger partial charge in [0, 0.05) is 5.57 Å². The number of ether oxygens (including phenoxy) is 1. The van der Waals surface area contributed by atoms with E-state index in [0.29, 0.717) is 0 Å². The van der Waals surface area contributed by atoms with Crippen LogP contribution in [0.15, 0.2) is 10.7 Å². The largest absolute Gasteiger partial charge is 0.484 e. The molecule has 0 saturated heterocycles. The molecular formula is C10H16O2S. The van der Waals surface area contributed by atoms with E-state index in [0.717, 1.165) is 17.1 Å². The van der Waals surface area contributed by atoms with Crippen LogP contribution < -0.4 is 0 Å². The molecule has 0 spiro atoms. The zero-order chi connectivity index (χ0) is 10.0. The average Bonchev–Trinajstić information content (AvgIpc) is 2.34. The van der Waals surface area contributed by atoms with Crippen molar-refractivity contribution in [1.82, 2.24) is 0 Å². The molecule has 74 valence electrons. The van der Waals surface area contributed by atoms with Gasteiger partial charge in [0.1, 0.15) is 0 Å². The summed E-state index contributed by atoms with van der Waals surface area (Å²) in [5.74, 6) is 0.211. The van der Waals surface area contributed by atoms with Crippen LogP contribution in [0.25, 0.3) is 0 Å². The molecule has 0 aromatic rings. The van der Waals surface area contributed by atoms with Gasteiger partial charge in [-0.1, -0.05) is 18.7 Å². The highest BCUT2D eigenvalue weighted by atomic mass is 32.2. The fourth-order valence-electron chi connectivity index (χ4n) is 1.09. The van der Waals surface area contributed by atoms with Crippen molar-refractivity contribution in [2.24, 2.45) is 0 Å². The van der Waals surface area contributed by atoms with Crippen LogP contribution in [0.4, 0.5) is 0 Å². The fraction of sp³-hybridized carbons (Fsp3) is 0.700. The summed E-state index contributed by atoms with van der Waals surface area (Å²) in [5.41, 5.74) is 0.790. The van der Waals surface area contributed by atoms with Crippen LogP contribution in [0, 0.1) is 0 Å². The quantitative estimate of drug-likeness (QED) is 0.700. The summed E-state index contributed by atoms with van der Waals surface area (Å²) in [6.07, 6.45) is 1.18. The zero-order valence-corrected chi connectivity index (χ0v) is 9.40. The number of Topliss-reactive ketones (excluding diaryl/α,β-unsaturated/α-hetero) is 1. The molecule has 2 atom stereocenters. The summed E-state index contributed by atoms with van der Waals surface area (Å²) in [4.78, 5) is 11.4. The predicted molar refractivity (Wildman–Crippen MR) is 55.6 cm³/mol. The fourth-order valence-corrected chi connectivity index (χ4v) is 2.19. The van der Waals surface area contributed by atoms with E-state index in [9.17, 15) is 4.79 Å². The molecule has 3 heteroatoms. The Morgan fingerprint density at radius 3 is 2.62 bits per heavy atom. The minimum Gasteiger partial charge on any atom is -0.484 e. The van der Waals surface area contributed by atoms with Crippen LogP contribution in [0.2, 0.25) is 0 Å². The van der Waals surface area contributed by atoms with Gasteiger partial charge in [0.15, 0.2) is 10.9 Å². The Morgan fingerprint density at radius 1 is 1.62 bits per heavy atom. The first-order valence-corrected chi connectivity index (χ1v) is 5.52. The minimum atomic E-state index is 0.0408. The van der Waals surface area contributed by atoms with Crippen LogP contribution in [0.1, 0.15) is 34.1 Å². The van der Waals surface area contributed by atoms with Crippen molar-refractivity contribution >= 4 is 17.5 Å². The topological polar surface area (TPSA) is 26.3 Å². The van der Waals surface area contributed by atoms with Crippen LogP contribution >= 0.6 is 11.8 Å². The van der Waals surface area contributed by atoms with Gasteiger partial charge in [-0.3, -0.25) is 4.79 Å². The van der Waals surface area contributed by atoms with Crippen molar-refractivity contribution in [3.05, 3.63) is 10.7 Å². The van der Waals surface area contributed by atoms with Crippen molar-refractivity contribution in [3.8, 4) is 0 Å². The predicted octanol–water partition coefficient (Wildman–Crippen LogP) is 2.74. The molecule has 0 radical (unpaired) electrons. The van der Waals surface area contributed by atoms with Crippen LogP contribution in [0.3, 0.4) is 0 Å². The number of hydrogen-bond donors (Lipinski definition) is 0. The van der Waals surface area contributed by atoms with E-state index in [1.54, 1.807) is 0 Å². The Bertz CT molecular complexity index is 245. The number of carbonyl (C=O) groups is 1. The van der Waals surface area contributed by atoms with Gasteiger partial charge in [0.2, 0.25) is 0 Å². The first kappa shape index (κ1) is 10.6.